The average molecular weight is 277 g/mol. The molecule has 1 aromatic carbocycles. The molecule has 100 valence electrons. The van der Waals surface area contributed by atoms with Crippen LogP contribution in [0.5, 0.6) is 5.75 Å². The van der Waals surface area contributed by atoms with Gasteiger partial charge in [-0.05, 0) is 24.3 Å². The SMILES string of the molecule is COc1ccccc1SCC(=O)NCc1ccco1. The third kappa shape index (κ3) is 4.06. The first-order valence-corrected chi connectivity index (χ1v) is 6.83. The van der Waals surface area contributed by atoms with Crippen LogP contribution in [-0.4, -0.2) is 18.8 Å². The molecule has 2 rings (SSSR count). The quantitative estimate of drug-likeness (QED) is 0.825. The molecule has 0 fully saturated rings. The van der Waals surface area contributed by atoms with Gasteiger partial charge in [0.05, 0.1) is 25.7 Å². The maximum atomic E-state index is 11.7. The van der Waals surface area contributed by atoms with Crippen molar-refractivity contribution in [3.8, 4) is 5.75 Å². The molecule has 0 bridgehead atoms. The number of ether oxygens (including phenoxy) is 1. The summed E-state index contributed by atoms with van der Waals surface area (Å²) in [4.78, 5) is 12.7. The van der Waals surface area contributed by atoms with Crippen LogP contribution in [0.15, 0.2) is 52.0 Å². The largest absolute Gasteiger partial charge is 0.496 e. The number of hydrogen-bond acceptors (Lipinski definition) is 4. The van der Waals surface area contributed by atoms with Gasteiger partial charge in [-0.2, -0.15) is 0 Å². The van der Waals surface area contributed by atoms with Crippen LogP contribution in [0.25, 0.3) is 0 Å². The van der Waals surface area contributed by atoms with Gasteiger partial charge in [0.2, 0.25) is 5.91 Å². The summed E-state index contributed by atoms with van der Waals surface area (Å²) in [5.74, 6) is 1.84. The Morgan fingerprint density at radius 1 is 1.32 bits per heavy atom. The van der Waals surface area contributed by atoms with Crippen LogP contribution >= 0.6 is 11.8 Å². The predicted molar refractivity (Wildman–Crippen MR) is 74.3 cm³/mol. The monoisotopic (exact) mass is 277 g/mol. The van der Waals surface area contributed by atoms with Gasteiger partial charge in [0, 0.05) is 4.90 Å². The minimum atomic E-state index is -0.0349. The molecule has 0 atom stereocenters. The van der Waals surface area contributed by atoms with E-state index in [-0.39, 0.29) is 5.91 Å². The van der Waals surface area contributed by atoms with Crippen molar-refractivity contribution in [1.82, 2.24) is 5.32 Å². The lowest BCUT2D eigenvalue weighted by molar-refractivity contribution is -0.118. The Morgan fingerprint density at radius 3 is 2.89 bits per heavy atom. The predicted octanol–water partition coefficient (Wildman–Crippen LogP) is 2.70. The Bertz CT molecular complexity index is 525. The van der Waals surface area contributed by atoms with Gasteiger partial charge in [-0.3, -0.25) is 4.79 Å². The second-order valence-corrected chi connectivity index (χ2v) is 4.81. The van der Waals surface area contributed by atoms with Crippen molar-refractivity contribution >= 4 is 17.7 Å². The number of furan rings is 1. The van der Waals surface area contributed by atoms with Crippen molar-refractivity contribution in [2.75, 3.05) is 12.9 Å². The maximum absolute atomic E-state index is 11.7. The van der Waals surface area contributed by atoms with E-state index >= 15 is 0 Å². The number of para-hydroxylation sites is 1. The van der Waals surface area contributed by atoms with Gasteiger partial charge in [0.1, 0.15) is 11.5 Å². The smallest absolute Gasteiger partial charge is 0.230 e. The summed E-state index contributed by atoms with van der Waals surface area (Å²) in [6.07, 6.45) is 1.59. The zero-order chi connectivity index (χ0) is 13.5. The lowest BCUT2D eigenvalue weighted by Crippen LogP contribution is -2.24. The van der Waals surface area contributed by atoms with Gasteiger partial charge in [-0.25, -0.2) is 0 Å². The summed E-state index contributed by atoms with van der Waals surface area (Å²) in [6, 6.07) is 11.3. The molecule has 0 aliphatic carbocycles. The summed E-state index contributed by atoms with van der Waals surface area (Å²) in [5, 5.41) is 2.80. The highest BCUT2D eigenvalue weighted by Crippen LogP contribution is 2.28. The van der Waals surface area contributed by atoms with Crippen LogP contribution in [0.2, 0.25) is 0 Å². The number of methoxy groups -OCH3 is 1. The molecule has 0 unspecified atom stereocenters. The van der Waals surface area contributed by atoms with Gasteiger partial charge in [0.15, 0.2) is 0 Å². The molecular formula is C14H15NO3S. The summed E-state index contributed by atoms with van der Waals surface area (Å²) >= 11 is 1.45. The van der Waals surface area contributed by atoms with E-state index in [4.69, 9.17) is 9.15 Å². The number of carbonyl (C=O) groups is 1. The molecular weight excluding hydrogens is 262 g/mol. The molecule has 1 heterocycles. The van der Waals surface area contributed by atoms with E-state index in [0.717, 1.165) is 16.4 Å². The molecule has 0 saturated carbocycles. The minimum Gasteiger partial charge on any atom is -0.496 e. The molecule has 4 nitrogen and oxygen atoms in total. The van der Waals surface area contributed by atoms with Crippen LogP contribution in [0.3, 0.4) is 0 Å². The normalized spacial score (nSPS) is 10.2. The fraction of sp³-hybridized carbons (Fsp3) is 0.214. The van der Waals surface area contributed by atoms with Crippen LogP contribution < -0.4 is 10.1 Å². The third-order valence-electron chi connectivity index (χ3n) is 2.47. The van der Waals surface area contributed by atoms with Crippen molar-refractivity contribution in [3.05, 3.63) is 48.4 Å². The molecule has 2 aromatic rings. The summed E-state index contributed by atoms with van der Waals surface area (Å²) < 4.78 is 10.4. The maximum Gasteiger partial charge on any atom is 0.230 e. The minimum absolute atomic E-state index is 0.0349. The van der Waals surface area contributed by atoms with Crippen molar-refractivity contribution in [2.45, 2.75) is 11.4 Å². The van der Waals surface area contributed by atoms with Crippen molar-refractivity contribution in [2.24, 2.45) is 0 Å². The number of rotatable bonds is 6. The topological polar surface area (TPSA) is 51.5 Å². The highest BCUT2D eigenvalue weighted by molar-refractivity contribution is 8.00. The van der Waals surface area contributed by atoms with E-state index in [1.165, 1.54) is 11.8 Å². The zero-order valence-electron chi connectivity index (χ0n) is 10.6. The van der Waals surface area contributed by atoms with E-state index in [9.17, 15) is 4.79 Å². The van der Waals surface area contributed by atoms with Gasteiger partial charge < -0.3 is 14.5 Å². The Hall–Kier alpha value is -1.88. The second kappa shape index (κ2) is 6.89. The molecule has 1 aromatic heterocycles. The average Bonchev–Trinajstić information content (AvgIpc) is 2.96. The van der Waals surface area contributed by atoms with Crippen LogP contribution in [0, 0.1) is 0 Å². The highest BCUT2D eigenvalue weighted by Gasteiger charge is 2.07. The second-order valence-electron chi connectivity index (χ2n) is 3.80. The first-order chi connectivity index (χ1) is 9.29. The zero-order valence-corrected chi connectivity index (χ0v) is 11.4. The van der Waals surface area contributed by atoms with E-state index in [1.807, 2.05) is 30.3 Å². The molecule has 0 spiro atoms. The summed E-state index contributed by atoms with van der Waals surface area (Å²) in [6.45, 7) is 0.415. The Morgan fingerprint density at radius 2 is 2.16 bits per heavy atom. The van der Waals surface area contributed by atoms with Crippen molar-refractivity contribution < 1.29 is 13.9 Å². The number of benzene rings is 1. The van der Waals surface area contributed by atoms with E-state index in [1.54, 1.807) is 19.4 Å². The number of carbonyl (C=O) groups excluding carboxylic acids is 1. The molecule has 0 aliphatic rings. The fourth-order valence-corrected chi connectivity index (χ4v) is 2.39. The summed E-state index contributed by atoms with van der Waals surface area (Å²) in [5.41, 5.74) is 0. The molecule has 0 radical (unpaired) electrons. The van der Waals surface area contributed by atoms with Crippen LogP contribution in [0.4, 0.5) is 0 Å². The first kappa shape index (κ1) is 13.5. The molecule has 5 heteroatoms. The Labute approximate surface area is 116 Å². The first-order valence-electron chi connectivity index (χ1n) is 5.84. The van der Waals surface area contributed by atoms with Gasteiger partial charge in [0.25, 0.3) is 0 Å². The lowest BCUT2D eigenvalue weighted by atomic mass is 10.3. The highest BCUT2D eigenvalue weighted by atomic mass is 32.2. The summed E-state index contributed by atoms with van der Waals surface area (Å²) in [7, 11) is 1.62. The lowest BCUT2D eigenvalue weighted by Gasteiger charge is -2.07. The van der Waals surface area contributed by atoms with Gasteiger partial charge >= 0.3 is 0 Å². The number of nitrogens with one attached hydrogen (secondary N) is 1. The number of thioether (sulfide) groups is 1. The Kier molecular flexibility index (Phi) is 4.92. The van der Waals surface area contributed by atoms with E-state index in [0.29, 0.717) is 12.3 Å². The number of amides is 1. The van der Waals surface area contributed by atoms with Gasteiger partial charge in [-0.15, -0.1) is 11.8 Å². The van der Waals surface area contributed by atoms with Crippen LogP contribution in [-0.2, 0) is 11.3 Å². The third-order valence-corrected chi connectivity index (χ3v) is 3.52. The molecule has 19 heavy (non-hydrogen) atoms. The molecule has 0 saturated heterocycles. The fourth-order valence-electron chi connectivity index (χ4n) is 1.53. The molecule has 1 N–H and O–H groups in total. The number of hydrogen-bond donors (Lipinski definition) is 1. The van der Waals surface area contributed by atoms with Crippen LogP contribution in [0.1, 0.15) is 5.76 Å². The standard InChI is InChI=1S/C14H15NO3S/c1-17-12-6-2-3-7-13(12)19-10-14(16)15-9-11-5-4-8-18-11/h2-8H,9-10H2,1H3,(H,15,16). The molecule has 0 aliphatic heterocycles. The van der Waals surface area contributed by atoms with Crippen molar-refractivity contribution in [1.29, 1.82) is 0 Å². The Balaban J connectivity index is 1.80. The van der Waals surface area contributed by atoms with Gasteiger partial charge in [-0.1, -0.05) is 12.1 Å². The van der Waals surface area contributed by atoms with E-state index in [2.05, 4.69) is 5.32 Å². The molecule has 1 amide bonds. The van der Waals surface area contributed by atoms with Crippen molar-refractivity contribution in [3.63, 3.8) is 0 Å². The van der Waals surface area contributed by atoms with E-state index < -0.39 is 0 Å².